The highest BCUT2D eigenvalue weighted by Gasteiger charge is 2.25. The standard InChI is InChI=1S/C55H101NO7/c1-6-8-10-12-14-16-18-20-22-24-26-28-30-32-34-36-38-40-42-44-46-54(58)63-51(49-61-48-47-52(55(59)60)56(3,4)5)50-62-53(57)45-43-41-39-37-35-33-31-29-27-25-23-21-19-17-15-13-11-9-7-2/h16,18,20,22,25,27,51-52H,6-15,17,19,21,23-24,26,28-50H2,1-5H3/b18-16+,22-20+,27-25+. The van der Waals surface area contributed by atoms with E-state index < -0.39 is 18.1 Å². The Morgan fingerprint density at radius 1 is 0.476 bits per heavy atom. The van der Waals surface area contributed by atoms with E-state index >= 15 is 0 Å². The van der Waals surface area contributed by atoms with Gasteiger partial charge in [-0.3, -0.25) is 9.59 Å². The molecule has 0 aliphatic rings. The van der Waals surface area contributed by atoms with Crippen LogP contribution >= 0.6 is 0 Å². The first-order valence-corrected chi connectivity index (χ1v) is 26.5. The van der Waals surface area contributed by atoms with Crippen LogP contribution in [0.2, 0.25) is 0 Å². The van der Waals surface area contributed by atoms with Gasteiger partial charge in [0.1, 0.15) is 12.6 Å². The van der Waals surface area contributed by atoms with Gasteiger partial charge in [0.15, 0.2) is 6.10 Å². The average Bonchev–Trinajstić information content (AvgIpc) is 3.24. The molecule has 0 aromatic rings. The molecule has 0 bridgehead atoms. The first-order valence-electron chi connectivity index (χ1n) is 26.5. The van der Waals surface area contributed by atoms with E-state index in [1.165, 1.54) is 173 Å². The fraction of sp³-hybridized carbons (Fsp3) is 0.836. The van der Waals surface area contributed by atoms with E-state index in [2.05, 4.69) is 50.3 Å². The zero-order valence-electron chi connectivity index (χ0n) is 42.0. The number of hydrogen-bond acceptors (Lipinski definition) is 7. The molecule has 2 atom stereocenters. The van der Waals surface area contributed by atoms with Crippen LogP contribution in [-0.2, 0) is 28.6 Å². The molecule has 63 heavy (non-hydrogen) atoms. The van der Waals surface area contributed by atoms with E-state index in [9.17, 15) is 19.5 Å². The summed E-state index contributed by atoms with van der Waals surface area (Å²) in [6, 6.07) is -0.727. The number of rotatable bonds is 48. The molecule has 0 spiro atoms. The maximum absolute atomic E-state index is 12.8. The third kappa shape index (κ3) is 44.5. The Hall–Kier alpha value is -2.45. The number of likely N-dealkylation sites (N-methyl/N-ethyl adjacent to an activating group) is 1. The zero-order chi connectivity index (χ0) is 46.3. The largest absolute Gasteiger partial charge is 0.544 e. The van der Waals surface area contributed by atoms with E-state index in [1.54, 1.807) is 21.1 Å². The number of quaternary nitrogens is 1. The highest BCUT2D eigenvalue weighted by molar-refractivity contribution is 5.70. The minimum absolute atomic E-state index is 0.0400. The summed E-state index contributed by atoms with van der Waals surface area (Å²) in [6.07, 6.45) is 54.5. The number of nitrogens with zero attached hydrogens (tertiary/aromatic N) is 1. The van der Waals surface area contributed by atoms with Crippen LogP contribution in [0.5, 0.6) is 0 Å². The van der Waals surface area contributed by atoms with Crippen LogP contribution in [-0.4, -0.2) is 75.5 Å². The molecule has 0 aliphatic heterocycles. The molecule has 0 radical (unpaired) electrons. The Bertz CT molecular complexity index is 1130. The molecule has 368 valence electrons. The Balaban J connectivity index is 4.23. The first-order chi connectivity index (χ1) is 30.6. The number of esters is 2. The molecule has 0 heterocycles. The molecule has 0 saturated carbocycles. The van der Waals surface area contributed by atoms with Crippen molar-refractivity contribution >= 4 is 17.9 Å². The second-order valence-electron chi connectivity index (χ2n) is 19.1. The summed E-state index contributed by atoms with van der Waals surface area (Å²) >= 11 is 0. The van der Waals surface area contributed by atoms with Crippen molar-refractivity contribution in [2.45, 2.75) is 257 Å². The number of allylic oxidation sites excluding steroid dienone is 6. The number of carbonyl (C=O) groups is 3. The summed E-state index contributed by atoms with van der Waals surface area (Å²) in [7, 11) is 5.42. The second kappa shape index (κ2) is 46.1. The third-order valence-electron chi connectivity index (χ3n) is 12.0. The minimum Gasteiger partial charge on any atom is -0.544 e. The molecule has 2 unspecified atom stereocenters. The summed E-state index contributed by atoms with van der Waals surface area (Å²) in [5, 5.41) is 11.7. The van der Waals surface area contributed by atoms with Gasteiger partial charge >= 0.3 is 11.9 Å². The number of carboxylic acid groups (broad SMARTS) is 1. The summed E-state index contributed by atoms with van der Waals surface area (Å²) in [6.45, 7) is 4.67. The summed E-state index contributed by atoms with van der Waals surface area (Å²) in [5.41, 5.74) is 0. The molecule has 0 N–H and O–H groups in total. The summed E-state index contributed by atoms with van der Waals surface area (Å²) in [4.78, 5) is 37.1. The van der Waals surface area contributed by atoms with Gasteiger partial charge in [-0.25, -0.2) is 0 Å². The van der Waals surface area contributed by atoms with Gasteiger partial charge in [-0.15, -0.1) is 0 Å². The van der Waals surface area contributed by atoms with Gasteiger partial charge in [0.25, 0.3) is 0 Å². The van der Waals surface area contributed by atoms with Crippen LogP contribution in [0.25, 0.3) is 0 Å². The van der Waals surface area contributed by atoms with E-state index in [1.807, 2.05) is 0 Å². The van der Waals surface area contributed by atoms with E-state index in [0.717, 1.165) is 38.5 Å². The smallest absolute Gasteiger partial charge is 0.306 e. The van der Waals surface area contributed by atoms with Crippen molar-refractivity contribution < 1.29 is 38.2 Å². The minimum atomic E-state index is -1.12. The molecule has 0 aromatic heterocycles. The van der Waals surface area contributed by atoms with Crippen molar-refractivity contribution in [2.75, 3.05) is 41.0 Å². The van der Waals surface area contributed by atoms with E-state index in [-0.39, 0.29) is 42.7 Å². The predicted molar refractivity (Wildman–Crippen MR) is 263 cm³/mol. The van der Waals surface area contributed by atoms with Crippen molar-refractivity contribution in [3.63, 3.8) is 0 Å². The van der Waals surface area contributed by atoms with Crippen LogP contribution in [0.4, 0.5) is 0 Å². The van der Waals surface area contributed by atoms with Crippen molar-refractivity contribution in [1.29, 1.82) is 0 Å². The second-order valence-corrected chi connectivity index (χ2v) is 19.1. The molecule has 8 heteroatoms. The number of unbranched alkanes of at least 4 members (excludes halogenated alkanes) is 29. The van der Waals surface area contributed by atoms with Crippen molar-refractivity contribution in [2.24, 2.45) is 0 Å². The Labute approximate surface area is 389 Å². The monoisotopic (exact) mass is 888 g/mol. The lowest BCUT2D eigenvalue weighted by molar-refractivity contribution is -0.889. The average molecular weight is 888 g/mol. The highest BCUT2D eigenvalue weighted by Crippen LogP contribution is 2.15. The lowest BCUT2D eigenvalue weighted by atomic mass is 10.1. The van der Waals surface area contributed by atoms with Gasteiger partial charge in [0.05, 0.1) is 40.3 Å². The summed E-state index contributed by atoms with van der Waals surface area (Å²) in [5.74, 6) is -1.73. The Kier molecular flexibility index (Phi) is 44.3. The molecule has 0 fully saturated rings. The summed E-state index contributed by atoms with van der Waals surface area (Å²) < 4.78 is 17.3. The topological polar surface area (TPSA) is 102 Å². The fourth-order valence-electron chi connectivity index (χ4n) is 7.88. The van der Waals surface area contributed by atoms with Gasteiger partial charge in [0, 0.05) is 19.3 Å². The molecule has 0 amide bonds. The predicted octanol–water partition coefficient (Wildman–Crippen LogP) is 14.0. The molecular weight excluding hydrogens is 787 g/mol. The molecule has 0 aliphatic carbocycles. The molecule has 0 saturated heterocycles. The maximum Gasteiger partial charge on any atom is 0.306 e. The normalized spacial score (nSPS) is 13.1. The first kappa shape index (κ1) is 60.5. The Morgan fingerprint density at radius 3 is 1.25 bits per heavy atom. The van der Waals surface area contributed by atoms with Crippen LogP contribution in [0.3, 0.4) is 0 Å². The number of hydrogen-bond donors (Lipinski definition) is 0. The lowest BCUT2D eigenvalue weighted by Crippen LogP contribution is -2.55. The van der Waals surface area contributed by atoms with Crippen molar-refractivity contribution in [3.8, 4) is 0 Å². The Morgan fingerprint density at radius 2 is 0.841 bits per heavy atom. The molecule has 8 nitrogen and oxygen atoms in total. The lowest BCUT2D eigenvalue weighted by Gasteiger charge is -2.34. The van der Waals surface area contributed by atoms with Gasteiger partial charge in [-0.1, -0.05) is 198 Å². The van der Waals surface area contributed by atoms with Gasteiger partial charge in [0.2, 0.25) is 0 Å². The van der Waals surface area contributed by atoms with Crippen molar-refractivity contribution in [1.82, 2.24) is 0 Å². The molecule has 0 rings (SSSR count). The highest BCUT2D eigenvalue weighted by atomic mass is 16.6. The molecular formula is C55H101NO7. The van der Waals surface area contributed by atoms with Crippen LogP contribution in [0.15, 0.2) is 36.5 Å². The van der Waals surface area contributed by atoms with Crippen LogP contribution < -0.4 is 5.11 Å². The zero-order valence-corrected chi connectivity index (χ0v) is 42.0. The number of carbonyl (C=O) groups excluding carboxylic acids is 3. The van der Waals surface area contributed by atoms with Gasteiger partial charge < -0.3 is 28.6 Å². The van der Waals surface area contributed by atoms with E-state index in [4.69, 9.17) is 14.2 Å². The van der Waals surface area contributed by atoms with E-state index in [0.29, 0.717) is 12.8 Å². The van der Waals surface area contributed by atoms with Crippen molar-refractivity contribution in [3.05, 3.63) is 36.5 Å². The number of aliphatic carboxylic acids is 1. The molecule has 0 aromatic carbocycles. The van der Waals surface area contributed by atoms with Gasteiger partial charge in [-0.05, 0) is 64.2 Å². The maximum atomic E-state index is 12.8. The fourth-order valence-corrected chi connectivity index (χ4v) is 7.88. The number of ether oxygens (including phenoxy) is 3. The van der Waals surface area contributed by atoms with Crippen LogP contribution in [0, 0.1) is 0 Å². The number of carboxylic acids is 1. The SMILES string of the molecule is CCCCCC/C=C/C=C/CCCCCCCCCCCCC(=O)OC(COCCC(C(=O)[O-])[N+](C)(C)C)COC(=O)CCCCCCCCC/C=C/CCCCCCCCCC. The third-order valence-corrected chi connectivity index (χ3v) is 12.0. The van der Waals surface area contributed by atoms with Gasteiger partial charge in [-0.2, -0.15) is 0 Å². The van der Waals surface area contributed by atoms with Crippen LogP contribution in [0.1, 0.15) is 245 Å². The quantitative estimate of drug-likeness (QED) is 0.0197.